The zero-order valence-corrected chi connectivity index (χ0v) is 22.6. The van der Waals surface area contributed by atoms with Crippen LogP contribution in [0.1, 0.15) is 63.3 Å². The number of likely N-dealkylation sites (tertiary alicyclic amines) is 1. The number of hydrogen-bond donors (Lipinski definition) is 0. The Morgan fingerprint density at radius 3 is 2.28 bits per heavy atom. The second-order valence-corrected chi connectivity index (χ2v) is 13.0. The molecule has 0 N–H and O–H groups in total. The van der Waals surface area contributed by atoms with Gasteiger partial charge in [-0.1, -0.05) is 37.1 Å². The first-order valence-corrected chi connectivity index (χ1v) is 14.1. The highest BCUT2D eigenvalue weighted by atomic mass is 32.2. The smallest absolute Gasteiger partial charge is 0.410 e. The van der Waals surface area contributed by atoms with Crippen molar-refractivity contribution in [2.45, 2.75) is 69.1 Å². The third kappa shape index (κ3) is 5.75. The van der Waals surface area contributed by atoms with Gasteiger partial charge in [0.25, 0.3) is 0 Å². The molecule has 1 saturated heterocycles. The number of pyridine rings is 1. The summed E-state index contributed by atoms with van der Waals surface area (Å²) in [6.07, 6.45) is 6.53. The van der Waals surface area contributed by atoms with Gasteiger partial charge in [0, 0.05) is 24.2 Å². The van der Waals surface area contributed by atoms with Crippen LogP contribution in [0, 0.1) is 12.8 Å². The van der Waals surface area contributed by atoms with Gasteiger partial charge >= 0.3 is 6.09 Å². The van der Waals surface area contributed by atoms with Crippen LogP contribution < -0.4 is 4.74 Å². The van der Waals surface area contributed by atoms with E-state index in [1.165, 1.54) is 17.7 Å². The average Bonchev–Trinajstić information content (AvgIpc) is 3.29. The highest BCUT2D eigenvalue weighted by Gasteiger charge is 2.42. The summed E-state index contributed by atoms with van der Waals surface area (Å²) in [5, 5.41) is -0.632. The Kier molecular flexibility index (Phi) is 7.46. The van der Waals surface area contributed by atoms with E-state index >= 15 is 0 Å². The van der Waals surface area contributed by atoms with Gasteiger partial charge in [-0.25, -0.2) is 18.2 Å². The van der Waals surface area contributed by atoms with E-state index in [4.69, 9.17) is 14.5 Å². The third-order valence-corrected chi connectivity index (χ3v) is 8.86. The van der Waals surface area contributed by atoms with Crippen molar-refractivity contribution in [1.82, 2.24) is 9.88 Å². The molecule has 0 radical (unpaired) electrons. The van der Waals surface area contributed by atoms with Crippen molar-refractivity contribution >= 4 is 21.5 Å². The fourth-order valence-corrected chi connectivity index (χ4v) is 6.34. The molecule has 0 unspecified atom stereocenters. The summed E-state index contributed by atoms with van der Waals surface area (Å²) in [7, 11) is -1.95. The maximum absolute atomic E-state index is 13.2. The fraction of sp³-hybridized carbons (Fsp3) is 0.500. The molecular weight excluding hydrogens is 476 g/mol. The maximum Gasteiger partial charge on any atom is 0.410 e. The zero-order chi connectivity index (χ0) is 26.1. The number of rotatable bonds is 6. The number of allylic oxidation sites excluding steroid dienone is 1. The second kappa shape index (κ2) is 10.2. The fourth-order valence-electron chi connectivity index (χ4n) is 4.68. The molecule has 1 aromatic carbocycles. The van der Waals surface area contributed by atoms with Crippen LogP contribution >= 0.6 is 0 Å². The highest BCUT2D eigenvalue weighted by Crippen LogP contribution is 2.34. The summed E-state index contributed by atoms with van der Waals surface area (Å²) in [6, 6.07) is 11.0. The monoisotopic (exact) mass is 512 g/mol. The predicted octanol–water partition coefficient (Wildman–Crippen LogP) is 5.41. The third-order valence-electron chi connectivity index (χ3n) is 6.75. The Balaban J connectivity index is 1.55. The average molecular weight is 513 g/mol. The molecule has 194 valence electrons. The topological polar surface area (TPSA) is 85.8 Å². The van der Waals surface area contributed by atoms with Gasteiger partial charge in [0.1, 0.15) is 10.9 Å². The van der Waals surface area contributed by atoms with E-state index in [1.54, 1.807) is 40.0 Å². The van der Waals surface area contributed by atoms with Crippen molar-refractivity contribution in [2.75, 3.05) is 20.2 Å². The molecule has 0 spiro atoms. The molecule has 1 aliphatic heterocycles. The number of methoxy groups -OCH3 is 1. The number of ether oxygens (including phenoxy) is 2. The number of aryl methyl sites for hydroxylation is 1. The Morgan fingerprint density at radius 1 is 1.06 bits per heavy atom. The number of sulfone groups is 1. The number of carbonyl (C=O) groups is 1. The Labute approximate surface area is 214 Å². The first-order valence-electron chi connectivity index (χ1n) is 12.5. The Hall–Kier alpha value is -2.87. The summed E-state index contributed by atoms with van der Waals surface area (Å²) in [5.41, 5.74) is 3.07. The molecule has 2 fully saturated rings. The van der Waals surface area contributed by atoms with Crippen LogP contribution in [-0.4, -0.2) is 55.4 Å². The molecule has 7 nitrogen and oxygen atoms in total. The number of aromatic nitrogens is 1. The largest absolute Gasteiger partial charge is 0.481 e. The zero-order valence-electron chi connectivity index (χ0n) is 21.8. The van der Waals surface area contributed by atoms with Crippen LogP contribution in [0.3, 0.4) is 0 Å². The van der Waals surface area contributed by atoms with Gasteiger partial charge in [0.2, 0.25) is 5.88 Å². The van der Waals surface area contributed by atoms with Crippen molar-refractivity contribution in [3.05, 3.63) is 59.3 Å². The number of amides is 1. The van der Waals surface area contributed by atoms with Crippen LogP contribution in [0.15, 0.2) is 47.4 Å². The van der Waals surface area contributed by atoms with Crippen LogP contribution in [0.5, 0.6) is 5.88 Å². The molecule has 0 bridgehead atoms. The van der Waals surface area contributed by atoms with Gasteiger partial charge in [0.15, 0.2) is 9.84 Å². The lowest BCUT2D eigenvalue weighted by molar-refractivity contribution is 0.0139. The van der Waals surface area contributed by atoms with E-state index in [0.717, 1.165) is 35.2 Å². The number of hydrogen-bond acceptors (Lipinski definition) is 6. The summed E-state index contributed by atoms with van der Waals surface area (Å²) < 4.78 is 37.2. The van der Waals surface area contributed by atoms with Crippen LogP contribution in [0.4, 0.5) is 4.79 Å². The Bertz CT molecular complexity index is 1230. The molecule has 36 heavy (non-hydrogen) atoms. The summed E-state index contributed by atoms with van der Waals surface area (Å²) in [4.78, 5) is 18.6. The quantitative estimate of drug-likeness (QED) is 0.514. The number of nitrogens with zero attached hydrogens (tertiary/aromatic N) is 2. The SMILES string of the molecule is COc1nc(C(=CC2CCCC2)c2ccc(S(=O)(=O)C3CN(C(=O)OC(C)(C)C)C3)cc2)ccc1C. The highest BCUT2D eigenvalue weighted by molar-refractivity contribution is 7.92. The standard InChI is InChI=1S/C28H36N2O5S/c1-19-10-15-25(29-26(19)34-5)24(16-20-8-6-7-9-20)21-11-13-22(14-12-21)36(32,33)23-17-30(18-23)27(31)35-28(2,3)4/h10-16,20,23H,6-9,17-18H2,1-5H3. The molecule has 1 aliphatic carbocycles. The molecule has 0 atom stereocenters. The second-order valence-electron chi connectivity index (χ2n) is 10.7. The lowest BCUT2D eigenvalue weighted by Crippen LogP contribution is -2.57. The molecule has 4 rings (SSSR count). The molecule has 1 aromatic heterocycles. The van der Waals surface area contributed by atoms with E-state index in [2.05, 4.69) is 6.08 Å². The van der Waals surface area contributed by atoms with Crippen LogP contribution in [0.2, 0.25) is 0 Å². The summed E-state index contributed by atoms with van der Waals surface area (Å²) in [5.74, 6) is 1.06. The van der Waals surface area contributed by atoms with Gasteiger partial charge in [0.05, 0.1) is 17.7 Å². The van der Waals surface area contributed by atoms with Crippen molar-refractivity contribution in [3.63, 3.8) is 0 Å². The first kappa shape index (κ1) is 26.2. The molecular formula is C28H36N2O5S. The van der Waals surface area contributed by atoms with Gasteiger partial charge in [-0.3, -0.25) is 0 Å². The van der Waals surface area contributed by atoms with Gasteiger partial charge in [-0.05, 0) is 70.2 Å². The molecule has 1 amide bonds. The molecule has 1 saturated carbocycles. The van der Waals surface area contributed by atoms with Crippen molar-refractivity contribution < 1.29 is 22.7 Å². The minimum atomic E-state index is -3.56. The first-order chi connectivity index (χ1) is 17.0. The molecule has 8 heteroatoms. The van der Waals surface area contributed by atoms with E-state index in [9.17, 15) is 13.2 Å². The van der Waals surface area contributed by atoms with Crippen LogP contribution in [-0.2, 0) is 14.6 Å². The predicted molar refractivity (Wildman–Crippen MR) is 140 cm³/mol. The lowest BCUT2D eigenvalue weighted by Gasteiger charge is -2.39. The van der Waals surface area contributed by atoms with Crippen molar-refractivity contribution in [3.8, 4) is 5.88 Å². The molecule has 2 aromatic rings. The normalized spacial score (nSPS) is 17.7. The van der Waals surface area contributed by atoms with Gasteiger partial charge in [-0.15, -0.1) is 0 Å². The lowest BCUT2D eigenvalue weighted by atomic mass is 9.96. The van der Waals surface area contributed by atoms with Gasteiger partial charge in [-0.2, -0.15) is 0 Å². The van der Waals surface area contributed by atoms with Crippen LogP contribution in [0.25, 0.3) is 5.57 Å². The molecule has 2 heterocycles. The van der Waals surface area contributed by atoms with E-state index in [1.807, 2.05) is 31.2 Å². The van der Waals surface area contributed by atoms with Gasteiger partial charge < -0.3 is 14.4 Å². The summed E-state index contributed by atoms with van der Waals surface area (Å²) in [6.45, 7) is 7.60. The maximum atomic E-state index is 13.2. The van der Waals surface area contributed by atoms with Crippen molar-refractivity contribution in [2.24, 2.45) is 5.92 Å². The minimum absolute atomic E-state index is 0.138. The molecule has 2 aliphatic rings. The Morgan fingerprint density at radius 2 is 1.69 bits per heavy atom. The van der Waals surface area contributed by atoms with Crippen molar-refractivity contribution in [1.29, 1.82) is 0 Å². The van der Waals surface area contributed by atoms with E-state index < -0.39 is 26.8 Å². The van der Waals surface area contributed by atoms with E-state index in [0.29, 0.717) is 11.8 Å². The number of carbonyl (C=O) groups excluding carboxylic acids is 1. The minimum Gasteiger partial charge on any atom is -0.481 e. The van der Waals surface area contributed by atoms with E-state index in [-0.39, 0.29) is 18.0 Å². The number of benzene rings is 1. The summed E-state index contributed by atoms with van der Waals surface area (Å²) >= 11 is 0.